The largest absolute Gasteiger partial charge is 0.423 e. The van der Waals surface area contributed by atoms with Crippen LogP contribution in [-0.2, 0) is 11.2 Å². The van der Waals surface area contributed by atoms with Crippen LogP contribution in [0.3, 0.4) is 0 Å². The van der Waals surface area contributed by atoms with Crippen molar-refractivity contribution in [1.82, 2.24) is 10.2 Å². The number of rotatable bonds is 8. The van der Waals surface area contributed by atoms with Crippen molar-refractivity contribution < 1.29 is 9.53 Å². The second kappa shape index (κ2) is 9.20. The molecule has 0 saturated carbocycles. The van der Waals surface area contributed by atoms with E-state index in [4.69, 9.17) is 4.74 Å². The zero-order chi connectivity index (χ0) is 16.5. The molecule has 122 valence electrons. The Bertz CT molecular complexity index is 647. The molecule has 2 aromatic rings. The summed E-state index contributed by atoms with van der Waals surface area (Å²) in [5, 5.41) is 10.3. The molecule has 2 rings (SSSR count). The fourth-order valence-electron chi connectivity index (χ4n) is 2.00. The van der Waals surface area contributed by atoms with E-state index in [1.54, 1.807) is 23.5 Å². The lowest BCUT2D eigenvalue weighted by atomic mass is 10.2. The summed E-state index contributed by atoms with van der Waals surface area (Å²) in [6.45, 7) is 4.25. The van der Waals surface area contributed by atoms with Crippen molar-refractivity contribution in [2.24, 2.45) is 0 Å². The number of aromatic nitrogens is 2. The van der Waals surface area contributed by atoms with Crippen LogP contribution in [0.1, 0.15) is 44.5 Å². The average Bonchev–Trinajstić information content (AvgIpc) is 3.01. The Balaban J connectivity index is 1.93. The molecule has 23 heavy (non-hydrogen) atoms. The van der Waals surface area contributed by atoms with E-state index in [0.29, 0.717) is 5.75 Å². The van der Waals surface area contributed by atoms with Crippen LogP contribution in [0.5, 0.6) is 5.75 Å². The lowest BCUT2D eigenvalue weighted by molar-refractivity contribution is -0.129. The predicted octanol–water partition coefficient (Wildman–Crippen LogP) is 4.81. The summed E-state index contributed by atoms with van der Waals surface area (Å²) in [4.78, 5) is 11.7. The second-order valence-corrected chi connectivity index (χ2v) is 6.30. The van der Waals surface area contributed by atoms with Gasteiger partial charge in [0, 0.05) is 18.1 Å². The van der Waals surface area contributed by atoms with Gasteiger partial charge in [0.2, 0.25) is 0 Å². The van der Waals surface area contributed by atoms with Gasteiger partial charge in [-0.2, -0.15) is 0 Å². The standard InChI is InChI=1S/C18H22N2O2S/c1-3-5-6-7-9-17(21)22-15-12-10-14(11-13-15)18-20-19-16(23-18)8-4-2/h7,9-13H,3-6,8H2,1-2H3. The quantitative estimate of drug-likeness (QED) is 0.302. The molecular weight excluding hydrogens is 308 g/mol. The number of hydrogen-bond donors (Lipinski definition) is 0. The van der Waals surface area contributed by atoms with Crippen LogP contribution in [0.15, 0.2) is 36.4 Å². The number of benzene rings is 1. The smallest absolute Gasteiger partial charge is 0.335 e. The van der Waals surface area contributed by atoms with Gasteiger partial charge in [0.05, 0.1) is 0 Å². The molecule has 0 atom stereocenters. The Morgan fingerprint density at radius 1 is 1.17 bits per heavy atom. The minimum Gasteiger partial charge on any atom is -0.423 e. The van der Waals surface area contributed by atoms with E-state index in [2.05, 4.69) is 24.0 Å². The Morgan fingerprint density at radius 2 is 1.96 bits per heavy atom. The van der Waals surface area contributed by atoms with Crippen LogP contribution in [0.25, 0.3) is 10.6 Å². The van der Waals surface area contributed by atoms with E-state index in [1.165, 1.54) is 6.08 Å². The first-order valence-corrected chi connectivity index (χ1v) is 8.85. The molecule has 0 bridgehead atoms. The molecule has 0 aliphatic rings. The van der Waals surface area contributed by atoms with Gasteiger partial charge in [-0.15, -0.1) is 10.2 Å². The number of carbonyl (C=O) groups is 1. The molecule has 0 radical (unpaired) electrons. The zero-order valence-corrected chi connectivity index (χ0v) is 14.4. The molecule has 0 unspecified atom stereocenters. The molecule has 4 nitrogen and oxygen atoms in total. The molecule has 1 aromatic heterocycles. The monoisotopic (exact) mass is 330 g/mol. The second-order valence-electron chi connectivity index (χ2n) is 5.24. The van der Waals surface area contributed by atoms with Crippen molar-refractivity contribution in [3.05, 3.63) is 41.4 Å². The van der Waals surface area contributed by atoms with Crippen molar-refractivity contribution in [2.75, 3.05) is 0 Å². The predicted molar refractivity (Wildman–Crippen MR) is 93.6 cm³/mol. The van der Waals surface area contributed by atoms with Gasteiger partial charge in [-0.1, -0.05) is 44.1 Å². The molecule has 0 N–H and O–H groups in total. The molecule has 5 heteroatoms. The summed E-state index contributed by atoms with van der Waals surface area (Å²) in [5.74, 6) is 0.201. The molecule has 0 spiro atoms. The number of unbranched alkanes of at least 4 members (excludes halogenated alkanes) is 2. The third kappa shape index (κ3) is 5.60. The average molecular weight is 330 g/mol. The van der Waals surface area contributed by atoms with Gasteiger partial charge in [0.25, 0.3) is 0 Å². The first-order chi connectivity index (χ1) is 11.2. The van der Waals surface area contributed by atoms with Crippen molar-refractivity contribution in [3.8, 4) is 16.3 Å². The number of aryl methyl sites for hydroxylation is 1. The molecule has 0 fully saturated rings. The van der Waals surface area contributed by atoms with Gasteiger partial charge in [-0.3, -0.25) is 0 Å². The van der Waals surface area contributed by atoms with Crippen LogP contribution in [0.4, 0.5) is 0 Å². The van der Waals surface area contributed by atoms with E-state index >= 15 is 0 Å². The summed E-state index contributed by atoms with van der Waals surface area (Å²) in [6, 6.07) is 7.38. The van der Waals surface area contributed by atoms with Crippen LogP contribution < -0.4 is 4.74 Å². The minimum atomic E-state index is -0.338. The number of ether oxygens (including phenoxy) is 1. The van der Waals surface area contributed by atoms with Crippen LogP contribution >= 0.6 is 11.3 Å². The number of esters is 1. The maximum atomic E-state index is 11.7. The van der Waals surface area contributed by atoms with Gasteiger partial charge in [0.15, 0.2) is 0 Å². The summed E-state index contributed by atoms with van der Waals surface area (Å²) >= 11 is 1.60. The van der Waals surface area contributed by atoms with Crippen LogP contribution in [0, 0.1) is 0 Å². The highest BCUT2D eigenvalue weighted by atomic mass is 32.1. The fourth-order valence-corrected chi connectivity index (χ4v) is 2.95. The summed E-state index contributed by atoms with van der Waals surface area (Å²) < 4.78 is 5.27. The SMILES string of the molecule is CCCCC=CC(=O)Oc1ccc(-c2nnc(CCC)s2)cc1. The van der Waals surface area contributed by atoms with Crippen LogP contribution in [-0.4, -0.2) is 16.2 Å². The van der Waals surface area contributed by atoms with Gasteiger partial charge in [-0.25, -0.2) is 4.79 Å². The Morgan fingerprint density at radius 3 is 2.65 bits per heavy atom. The third-order valence-corrected chi connectivity index (χ3v) is 4.26. The van der Waals surface area contributed by atoms with Crippen molar-refractivity contribution in [1.29, 1.82) is 0 Å². The van der Waals surface area contributed by atoms with Crippen molar-refractivity contribution in [3.63, 3.8) is 0 Å². The van der Waals surface area contributed by atoms with Crippen molar-refractivity contribution in [2.45, 2.75) is 46.0 Å². The van der Waals surface area contributed by atoms with E-state index in [1.807, 2.05) is 18.2 Å². The molecule has 0 aliphatic heterocycles. The number of nitrogens with zero attached hydrogens (tertiary/aromatic N) is 2. The Hall–Kier alpha value is -2.01. The molecule has 1 aromatic carbocycles. The maximum Gasteiger partial charge on any atom is 0.335 e. The summed E-state index contributed by atoms with van der Waals surface area (Å²) in [7, 11) is 0. The van der Waals surface area contributed by atoms with Gasteiger partial charge in [0.1, 0.15) is 15.8 Å². The number of carbonyl (C=O) groups excluding carboxylic acids is 1. The Kier molecular flexibility index (Phi) is 6.94. The lowest BCUT2D eigenvalue weighted by Crippen LogP contribution is -2.03. The highest BCUT2D eigenvalue weighted by molar-refractivity contribution is 7.14. The third-order valence-electron chi connectivity index (χ3n) is 3.23. The summed E-state index contributed by atoms with van der Waals surface area (Å²) in [6.07, 6.45) is 8.48. The molecule has 0 aliphatic carbocycles. The number of hydrogen-bond acceptors (Lipinski definition) is 5. The van der Waals surface area contributed by atoms with Gasteiger partial charge < -0.3 is 4.74 Å². The summed E-state index contributed by atoms with van der Waals surface area (Å²) in [5.41, 5.74) is 0.989. The topological polar surface area (TPSA) is 52.1 Å². The number of allylic oxidation sites excluding steroid dienone is 1. The van der Waals surface area contributed by atoms with E-state index in [0.717, 1.165) is 47.7 Å². The van der Waals surface area contributed by atoms with Crippen molar-refractivity contribution >= 4 is 17.3 Å². The molecule has 0 amide bonds. The molecular formula is C18H22N2O2S. The zero-order valence-electron chi connectivity index (χ0n) is 13.6. The first kappa shape index (κ1) is 17.3. The van der Waals surface area contributed by atoms with E-state index in [-0.39, 0.29) is 5.97 Å². The van der Waals surface area contributed by atoms with Gasteiger partial charge in [-0.05, 0) is 37.1 Å². The molecule has 1 heterocycles. The van der Waals surface area contributed by atoms with E-state index < -0.39 is 0 Å². The lowest BCUT2D eigenvalue weighted by Gasteiger charge is -2.02. The minimum absolute atomic E-state index is 0.338. The highest BCUT2D eigenvalue weighted by Crippen LogP contribution is 2.26. The van der Waals surface area contributed by atoms with E-state index in [9.17, 15) is 4.79 Å². The normalized spacial score (nSPS) is 11.0. The fraction of sp³-hybridized carbons (Fsp3) is 0.389. The highest BCUT2D eigenvalue weighted by Gasteiger charge is 2.07. The van der Waals surface area contributed by atoms with Crippen LogP contribution in [0.2, 0.25) is 0 Å². The van der Waals surface area contributed by atoms with Gasteiger partial charge >= 0.3 is 5.97 Å². The first-order valence-electron chi connectivity index (χ1n) is 8.04. The Labute approximate surface area is 141 Å². The maximum absolute atomic E-state index is 11.7. The molecule has 0 saturated heterocycles.